The second-order valence-electron chi connectivity index (χ2n) is 3.15. The van der Waals surface area contributed by atoms with E-state index in [9.17, 15) is 4.39 Å². The minimum Gasteiger partial charge on any atom is -0.436 e. The highest BCUT2D eigenvalue weighted by Crippen LogP contribution is 2.26. The van der Waals surface area contributed by atoms with Crippen molar-refractivity contribution in [1.29, 1.82) is 5.26 Å². The summed E-state index contributed by atoms with van der Waals surface area (Å²) < 4.78 is 19.1. The van der Waals surface area contributed by atoms with Gasteiger partial charge in [-0.1, -0.05) is 0 Å². The van der Waals surface area contributed by atoms with E-state index in [4.69, 9.17) is 10.00 Å². The van der Waals surface area contributed by atoms with Crippen molar-refractivity contribution in [3.05, 3.63) is 52.4 Å². The molecule has 0 fully saturated rings. The smallest absolute Gasteiger partial charge is 0.255 e. The zero-order chi connectivity index (χ0) is 12.3. The van der Waals surface area contributed by atoms with Gasteiger partial charge in [-0.15, -0.1) is 0 Å². The fourth-order valence-electron chi connectivity index (χ4n) is 1.21. The maximum Gasteiger partial charge on any atom is 0.255 e. The lowest BCUT2D eigenvalue weighted by Crippen LogP contribution is -1.91. The molecule has 0 N–H and O–H groups in total. The molecule has 84 valence electrons. The topological polar surface area (TPSA) is 45.9 Å². The number of aromatic nitrogens is 1. The number of benzene rings is 1. The van der Waals surface area contributed by atoms with Gasteiger partial charge in [0.25, 0.3) is 5.88 Å². The molecular weight excluding hydrogens is 287 g/mol. The highest BCUT2D eigenvalue weighted by Gasteiger charge is 2.07. The van der Waals surface area contributed by atoms with Crippen LogP contribution >= 0.6 is 15.9 Å². The third kappa shape index (κ3) is 2.60. The van der Waals surface area contributed by atoms with Gasteiger partial charge in [0.1, 0.15) is 11.8 Å². The van der Waals surface area contributed by atoms with Crippen molar-refractivity contribution in [3.8, 4) is 17.7 Å². The lowest BCUT2D eigenvalue weighted by Gasteiger charge is -2.05. The number of pyridine rings is 1. The van der Waals surface area contributed by atoms with Crippen LogP contribution in [-0.4, -0.2) is 4.98 Å². The molecule has 0 unspecified atom stereocenters. The van der Waals surface area contributed by atoms with E-state index in [1.165, 1.54) is 18.3 Å². The second-order valence-corrected chi connectivity index (χ2v) is 4.00. The Morgan fingerprint density at radius 1 is 1.35 bits per heavy atom. The Morgan fingerprint density at radius 3 is 2.82 bits per heavy atom. The van der Waals surface area contributed by atoms with Gasteiger partial charge >= 0.3 is 0 Å². The second kappa shape index (κ2) is 4.93. The van der Waals surface area contributed by atoms with Gasteiger partial charge < -0.3 is 4.74 Å². The molecule has 0 aliphatic rings. The lowest BCUT2D eigenvalue weighted by molar-refractivity contribution is 0.422. The van der Waals surface area contributed by atoms with Crippen molar-refractivity contribution in [1.82, 2.24) is 4.98 Å². The Balaban J connectivity index is 2.29. The molecule has 1 aromatic carbocycles. The third-order valence-corrected chi connectivity index (χ3v) is 2.66. The van der Waals surface area contributed by atoms with E-state index in [0.29, 0.717) is 15.8 Å². The van der Waals surface area contributed by atoms with Gasteiger partial charge in [-0.05, 0) is 46.3 Å². The molecule has 0 bridgehead atoms. The Kier molecular flexibility index (Phi) is 3.35. The molecule has 17 heavy (non-hydrogen) atoms. The minimum atomic E-state index is -0.534. The summed E-state index contributed by atoms with van der Waals surface area (Å²) in [5.74, 6) is -0.217. The van der Waals surface area contributed by atoms with Crippen molar-refractivity contribution in [2.24, 2.45) is 0 Å². The fraction of sp³-hybridized carbons (Fsp3) is 0. The Morgan fingerprint density at radius 2 is 2.18 bits per heavy atom. The monoisotopic (exact) mass is 292 g/mol. The van der Waals surface area contributed by atoms with Gasteiger partial charge in [0.15, 0.2) is 5.82 Å². The van der Waals surface area contributed by atoms with Crippen LogP contribution in [0.3, 0.4) is 0 Å². The van der Waals surface area contributed by atoms with E-state index in [-0.39, 0.29) is 5.88 Å². The van der Waals surface area contributed by atoms with Crippen molar-refractivity contribution < 1.29 is 9.13 Å². The molecule has 0 radical (unpaired) electrons. The first-order valence-electron chi connectivity index (χ1n) is 4.69. The number of halogens is 2. The molecule has 0 spiro atoms. The van der Waals surface area contributed by atoms with Crippen molar-refractivity contribution in [2.45, 2.75) is 0 Å². The van der Waals surface area contributed by atoms with E-state index in [2.05, 4.69) is 20.9 Å². The summed E-state index contributed by atoms with van der Waals surface area (Å²) in [6.07, 6.45) is 1.44. The highest BCUT2D eigenvalue weighted by atomic mass is 79.9. The lowest BCUT2D eigenvalue weighted by atomic mass is 10.2. The summed E-state index contributed by atoms with van der Waals surface area (Å²) in [6.45, 7) is 0. The first kappa shape index (κ1) is 11.6. The quantitative estimate of drug-likeness (QED) is 0.849. The van der Waals surface area contributed by atoms with Crippen LogP contribution in [0.4, 0.5) is 4.39 Å². The average molecular weight is 293 g/mol. The maximum atomic E-state index is 13.3. The van der Waals surface area contributed by atoms with Crippen molar-refractivity contribution >= 4 is 15.9 Å². The molecule has 5 heteroatoms. The highest BCUT2D eigenvalue weighted by molar-refractivity contribution is 9.10. The summed E-state index contributed by atoms with van der Waals surface area (Å²) in [5.41, 5.74) is 0.485. The van der Waals surface area contributed by atoms with Gasteiger partial charge in [0.05, 0.1) is 5.56 Å². The van der Waals surface area contributed by atoms with Gasteiger partial charge in [-0.2, -0.15) is 5.26 Å². The zero-order valence-electron chi connectivity index (χ0n) is 8.52. The molecule has 2 aromatic rings. The van der Waals surface area contributed by atoms with Crippen molar-refractivity contribution in [3.63, 3.8) is 0 Å². The van der Waals surface area contributed by atoms with Crippen LogP contribution in [0.25, 0.3) is 0 Å². The molecule has 1 aromatic heterocycles. The molecular formula is C12H6BrFN2O. The van der Waals surface area contributed by atoms with E-state index < -0.39 is 5.82 Å². The third-order valence-electron chi connectivity index (χ3n) is 2.00. The van der Waals surface area contributed by atoms with E-state index >= 15 is 0 Å². The summed E-state index contributed by atoms with van der Waals surface area (Å²) in [7, 11) is 0. The van der Waals surface area contributed by atoms with E-state index in [1.807, 2.05) is 6.07 Å². The van der Waals surface area contributed by atoms with Gasteiger partial charge in [0, 0.05) is 10.7 Å². The molecule has 0 aliphatic carbocycles. The van der Waals surface area contributed by atoms with Crippen LogP contribution in [0, 0.1) is 17.1 Å². The van der Waals surface area contributed by atoms with Crippen LogP contribution in [-0.2, 0) is 0 Å². The first-order chi connectivity index (χ1) is 8.20. The van der Waals surface area contributed by atoms with Crippen LogP contribution in [0.5, 0.6) is 11.6 Å². The number of rotatable bonds is 2. The average Bonchev–Trinajstić information content (AvgIpc) is 2.32. The molecule has 0 aliphatic heterocycles. The Labute approximate surface area is 106 Å². The Bertz CT molecular complexity index is 595. The number of ether oxygens (including phenoxy) is 1. The van der Waals surface area contributed by atoms with E-state index in [1.54, 1.807) is 18.2 Å². The SMILES string of the molecule is N#Cc1ccc(Oc2ncccc2F)cc1Br. The molecule has 0 saturated heterocycles. The number of hydrogen-bond acceptors (Lipinski definition) is 3. The van der Waals surface area contributed by atoms with Gasteiger partial charge in [0.2, 0.25) is 0 Å². The molecule has 0 atom stereocenters. The molecule has 0 amide bonds. The van der Waals surface area contributed by atoms with Crippen LogP contribution in [0.15, 0.2) is 41.0 Å². The van der Waals surface area contributed by atoms with Crippen LogP contribution in [0.1, 0.15) is 5.56 Å². The number of nitrogens with zero attached hydrogens (tertiary/aromatic N) is 2. The van der Waals surface area contributed by atoms with E-state index in [0.717, 1.165) is 0 Å². The maximum absolute atomic E-state index is 13.3. The van der Waals surface area contributed by atoms with Crippen LogP contribution in [0.2, 0.25) is 0 Å². The molecule has 3 nitrogen and oxygen atoms in total. The van der Waals surface area contributed by atoms with Gasteiger partial charge in [-0.3, -0.25) is 0 Å². The predicted molar refractivity (Wildman–Crippen MR) is 63.1 cm³/mol. The van der Waals surface area contributed by atoms with Crippen LogP contribution < -0.4 is 4.74 Å². The van der Waals surface area contributed by atoms with Crippen molar-refractivity contribution in [2.75, 3.05) is 0 Å². The summed E-state index contributed by atoms with van der Waals surface area (Å²) in [4.78, 5) is 3.77. The predicted octanol–water partition coefficient (Wildman–Crippen LogP) is 3.65. The fourth-order valence-corrected chi connectivity index (χ4v) is 1.65. The standard InChI is InChI=1S/C12H6BrFN2O/c13-10-6-9(4-3-8(10)7-15)17-12-11(14)2-1-5-16-12/h1-6H. The number of hydrogen-bond donors (Lipinski definition) is 0. The molecule has 1 heterocycles. The number of nitriles is 1. The minimum absolute atomic E-state index is 0.0934. The Hall–Kier alpha value is -1.93. The molecule has 0 saturated carbocycles. The van der Waals surface area contributed by atoms with Gasteiger partial charge in [-0.25, -0.2) is 9.37 Å². The largest absolute Gasteiger partial charge is 0.436 e. The summed E-state index contributed by atoms with van der Waals surface area (Å²) in [6, 6.07) is 9.51. The summed E-state index contributed by atoms with van der Waals surface area (Å²) in [5, 5.41) is 8.75. The first-order valence-corrected chi connectivity index (χ1v) is 5.48. The molecule has 2 rings (SSSR count). The normalized spacial score (nSPS) is 9.71. The zero-order valence-corrected chi connectivity index (χ0v) is 10.1. The summed E-state index contributed by atoms with van der Waals surface area (Å²) >= 11 is 3.22.